The Hall–Kier alpha value is -2.89. The molecule has 1 aliphatic rings. The lowest BCUT2D eigenvalue weighted by Crippen LogP contribution is -2.32. The van der Waals surface area contributed by atoms with E-state index in [0.29, 0.717) is 52.3 Å². The largest absolute Gasteiger partial charge is 0.453 e. The first-order valence-corrected chi connectivity index (χ1v) is 13.9. The molecule has 10 nitrogen and oxygen atoms in total. The van der Waals surface area contributed by atoms with Crippen molar-refractivity contribution in [1.29, 1.82) is 0 Å². The van der Waals surface area contributed by atoms with Gasteiger partial charge in [-0.1, -0.05) is 23.2 Å². The normalized spacial score (nSPS) is 14.4. The van der Waals surface area contributed by atoms with E-state index in [1.807, 2.05) is 6.92 Å². The van der Waals surface area contributed by atoms with Gasteiger partial charge in [0.15, 0.2) is 0 Å². The molecular weight excluding hydrogens is 527 g/mol. The maximum atomic E-state index is 11.8. The third-order valence-electron chi connectivity index (χ3n) is 5.59. The summed E-state index contributed by atoms with van der Waals surface area (Å²) in [5.41, 5.74) is 2.40. The number of aryl methyl sites for hydroxylation is 1. The van der Waals surface area contributed by atoms with Crippen LogP contribution in [-0.4, -0.2) is 53.9 Å². The Labute approximate surface area is 219 Å². The van der Waals surface area contributed by atoms with Gasteiger partial charge in [-0.05, 0) is 44.4 Å². The number of sulfonamides is 1. The number of alkyl carbamates (subject to hydrolysis) is 1. The van der Waals surface area contributed by atoms with E-state index in [4.69, 9.17) is 33.2 Å². The summed E-state index contributed by atoms with van der Waals surface area (Å²) >= 11 is 13.0. The lowest BCUT2D eigenvalue weighted by atomic mass is 10.1. The smallest absolute Gasteiger partial charge is 0.407 e. The molecule has 192 valence electrons. The van der Waals surface area contributed by atoms with E-state index in [2.05, 4.69) is 24.7 Å². The second kappa shape index (κ2) is 10.6. The van der Waals surface area contributed by atoms with Crippen molar-refractivity contribution in [3.8, 4) is 22.6 Å². The molecule has 0 saturated heterocycles. The SMILES string of the molecule is COC(=O)N[C@@H](C)CCc1nccc(-c2[nH]c(C3CC3)nc2-c2cc(Cl)cc(NS(C)(=O)=O)c2Cl)n1. The van der Waals surface area contributed by atoms with Crippen molar-refractivity contribution in [3.05, 3.63) is 46.1 Å². The minimum absolute atomic E-state index is 0.125. The molecule has 0 aliphatic heterocycles. The average molecular weight is 553 g/mol. The fourth-order valence-corrected chi connectivity index (χ4v) is 4.77. The number of hydrogen-bond acceptors (Lipinski definition) is 7. The van der Waals surface area contributed by atoms with Crippen LogP contribution in [0.4, 0.5) is 10.5 Å². The summed E-state index contributed by atoms with van der Waals surface area (Å²) < 4.78 is 30.7. The predicted molar refractivity (Wildman–Crippen MR) is 139 cm³/mol. The second-order valence-electron chi connectivity index (χ2n) is 8.74. The molecule has 0 bridgehead atoms. The van der Waals surface area contributed by atoms with E-state index < -0.39 is 16.1 Å². The van der Waals surface area contributed by atoms with Crippen molar-refractivity contribution in [1.82, 2.24) is 25.3 Å². The Balaban J connectivity index is 1.70. The Morgan fingerprint density at radius 3 is 2.69 bits per heavy atom. The van der Waals surface area contributed by atoms with Gasteiger partial charge in [0.1, 0.15) is 11.6 Å². The molecule has 1 aliphatic carbocycles. The molecule has 0 radical (unpaired) electrons. The molecule has 13 heteroatoms. The van der Waals surface area contributed by atoms with Gasteiger partial charge in [-0.2, -0.15) is 0 Å². The summed E-state index contributed by atoms with van der Waals surface area (Å²) in [6.07, 6.45) is 5.40. The van der Waals surface area contributed by atoms with Gasteiger partial charge in [0.2, 0.25) is 10.0 Å². The number of aromatic amines is 1. The zero-order valence-corrected chi connectivity index (χ0v) is 22.3. The minimum Gasteiger partial charge on any atom is -0.453 e. The van der Waals surface area contributed by atoms with Crippen LogP contribution in [0.25, 0.3) is 22.6 Å². The summed E-state index contributed by atoms with van der Waals surface area (Å²) in [5.74, 6) is 1.72. The number of nitrogens with zero attached hydrogens (tertiary/aromatic N) is 3. The molecular formula is C23H26Cl2N6O4S. The first-order valence-electron chi connectivity index (χ1n) is 11.3. The second-order valence-corrected chi connectivity index (χ2v) is 11.3. The molecule has 3 aromatic rings. The number of carbonyl (C=O) groups is 1. The number of benzene rings is 1. The Kier molecular flexibility index (Phi) is 7.72. The van der Waals surface area contributed by atoms with Crippen molar-refractivity contribution in [3.63, 3.8) is 0 Å². The number of halogens is 2. The number of anilines is 1. The number of amides is 1. The highest BCUT2D eigenvalue weighted by Gasteiger charge is 2.30. The van der Waals surface area contributed by atoms with Crippen molar-refractivity contribution in [2.75, 3.05) is 18.1 Å². The predicted octanol–water partition coefficient (Wildman–Crippen LogP) is 4.77. The number of imidazole rings is 1. The van der Waals surface area contributed by atoms with Crippen LogP contribution in [0.3, 0.4) is 0 Å². The number of rotatable bonds is 9. The van der Waals surface area contributed by atoms with Gasteiger partial charge < -0.3 is 15.0 Å². The highest BCUT2D eigenvalue weighted by Crippen LogP contribution is 2.44. The van der Waals surface area contributed by atoms with Crippen molar-refractivity contribution < 1.29 is 17.9 Å². The molecule has 1 atom stereocenters. The summed E-state index contributed by atoms with van der Waals surface area (Å²) in [4.78, 5) is 28.7. The maximum Gasteiger partial charge on any atom is 0.407 e. The lowest BCUT2D eigenvalue weighted by molar-refractivity contribution is 0.167. The van der Waals surface area contributed by atoms with Gasteiger partial charge in [-0.3, -0.25) is 4.72 Å². The molecule has 1 amide bonds. The molecule has 2 aromatic heterocycles. The monoisotopic (exact) mass is 552 g/mol. The molecule has 4 rings (SSSR count). The molecule has 1 saturated carbocycles. The molecule has 1 aromatic carbocycles. The van der Waals surface area contributed by atoms with Crippen molar-refractivity contribution in [2.45, 2.75) is 44.6 Å². The summed E-state index contributed by atoms with van der Waals surface area (Å²) in [5, 5.41) is 3.20. The Morgan fingerprint density at radius 1 is 1.28 bits per heavy atom. The summed E-state index contributed by atoms with van der Waals surface area (Å²) in [7, 11) is -2.26. The number of carbonyl (C=O) groups excluding carboxylic acids is 1. The first kappa shape index (κ1) is 26.2. The van der Waals surface area contributed by atoms with Crippen LogP contribution in [-0.2, 0) is 21.2 Å². The molecule has 36 heavy (non-hydrogen) atoms. The summed E-state index contributed by atoms with van der Waals surface area (Å²) in [6, 6.07) is 4.74. The van der Waals surface area contributed by atoms with E-state index in [0.717, 1.165) is 24.9 Å². The van der Waals surface area contributed by atoms with E-state index in [1.165, 1.54) is 13.2 Å². The zero-order chi connectivity index (χ0) is 26.0. The van der Waals surface area contributed by atoms with Gasteiger partial charge in [0, 0.05) is 35.2 Å². The maximum absolute atomic E-state index is 11.8. The number of nitrogens with one attached hydrogen (secondary N) is 3. The van der Waals surface area contributed by atoms with Crippen LogP contribution >= 0.6 is 23.2 Å². The highest BCUT2D eigenvalue weighted by molar-refractivity contribution is 7.92. The fourth-order valence-electron chi connectivity index (χ4n) is 3.69. The van der Waals surface area contributed by atoms with Crippen LogP contribution in [0.15, 0.2) is 24.4 Å². The van der Waals surface area contributed by atoms with Gasteiger partial charge in [0.25, 0.3) is 0 Å². The summed E-state index contributed by atoms with van der Waals surface area (Å²) in [6.45, 7) is 1.87. The quantitative estimate of drug-likeness (QED) is 0.347. The lowest BCUT2D eigenvalue weighted by Gasteiger charge is -2.13. The van der Waals surface area contributed by atoms with Gasteiger partial charge in [-0.25, -0.2) is 28.2 Å². The van der Waals surface area contributed by atoms with Crippen LogP contribution in [0.5, 0.6) is 0 Å². The van der Waals surface area contributed by atoms with Crippen LogP contribution in [0.2, 0.25) is 10.0 Å². The number of aromatic nitrogens is 4. The van der Waals surface area contributed by atoms with Gasteiger partial charge >= 0.3 is 6.09 Å². The van der Waals surface area contributed by atoms with E-state index >= 15 is 0 Å². The van der Waals surface area contributed by atoms with Crippen LogP contribution in [0.1, 0.15) is 43.8 Å². The molecule has 0 unspecified atom stereocenters. The highest BCUT2D eigenvalue weighted by atomic mass is 35.5. The van der Waals surface area contributed by atoms with Gasteiger partial charge in [-0.15, -0.1) is 0 Å². The third-order valence-corrected chi connectivity index (χ3v) is 6.80. The van der Waals surface area contributed by atoms with Crippen molar-refractivity contribution in [2.24, 2.45) is 0 Å². The molecule has 0 spiro atoms. The fraction of sp³-hybridized carbons (Fsp3) is 0.391. The third kappa shape index (κ3) is 6.45. The van der Waals surface area contributed by atoms with E-state index in [9.17, 15) is 13.2 Å². The van der Waals surface area contributed by atoms with Crippen LogP contribution < -0.4 is 10.0 Å². The average Bonchev–Trinajstić information content (AvgIpc) is 3.57. The molecule has 3 N–H and O–H groups in total. The van der Waals surface area contributed by atoms with E-state index in [1.54, 1.807) is 18.3 Å². The van der Waals surface area contributed by atoms with Gasteiger partial charge in [0.05, 0.1) is 41.2 Å². The zero-order valence-electron chi connectivity index (χ0n) is 19.9. The molecule has 2 heterocycles. The number of hydrogen-bond donors (Lipinski definition) is 3. The topological polar surface area (TPSA) is 139 Å². The standard InChI is InChI=1S/C23H26Cl2N6O4S/c1-12(27-23(32)35-2)4-7-18-26-9-8-16(28-18)21-20(29-22(30-21)13-5-6-13)15-10-14(24)11-17(19(15)25)31-36(3,33)34/h8-13,31H,4-7H2,1-3H3,(H,27,32)(H,29,30)/t12-/m0/s1. The van der Waals surface area contributed by atoms with Crippen LogP contribution in [0, 0.1) is 0 Å². The number of H-pyrrole nitrogens is 1. The number of methoxy groups -OCH3 is 1. The number of ether oxygens (including phenoxy) is 1. The van der Waals surface area contributed by atoms with Crippen molar-refractivity contribution >= 4 is 45.0 Å². The molecule has 1 fully saturated rings. The minimum atomic E-state index is -3.58. The van der Waals surface area contributed by atoms with E-state index in [-0.39, 0.29) is 16.8 Å². The Bertz CT molecular complexity index is 1390. The first-order chi connectivity index (χ1) is 17.0. The Morgan fingerprint density at radius 2 is 2.03 bits per heavy atom.